The lowest BCUT2D eigenvalue weighted by atomic mass is 10.0. The van der Waals surface area contributed by atoms with E-state index in [-0.39, 0.29) is 0 Å². The third kappa shape index (κ3) is 1.91. The lowest BCUT2D eigenvalue weighted by Gasteiger charge is -2.20. The Morgan fingerprint density at radius 2 is 2.00 bits per heavy atom. The lowest BCUT2D eigenvalue weighted by molar-refractivity contribution is 0.317. The first kappa shape index (κ1) is 13.6. The average Bonchev–Trinajstić information content (AvgIpc) is 3.07. The largest absolute Gasteiger partial charge is 0.317 e. The van der Waals surface area contributed by atoms with Crippen LogP contribution >= 0.6 is 0 Å². The topological polar surface area (TPSA) is 24.3 Å². The highest BCUT2D eigenvalue weighted by atomic mass is 15.5. The number of hydrogen-bond acceptors (Lipinski definition) is 3. The van der Waals surface area contributed by atoms with Gasteiger partial charge in [0.1, 0.15) is 0 Å². The third-order valence-corrected chi connectivity index (χ3v) is 4.82. The van der Waals surface area contributed by atoms with Crippen LogP contribution in [0.5, 0.6) is 0 Å². The third-order valence-electron chi connectivity index (χ3n) is 4.82. The Morgan fingerprint density at radius 1 is 1.18 bits per heavy atom. The summed E-state index contributed by atoms with van der Waals surface area (Å²) in [5.74, 6) is 0. The van der Waals surface area contributed by atoms with Crippen LogP contribution in [0.25, 0.3) is 21.9 Å². The summed E-state index contributed by atoms with van der Waals surface area (Å²) in [7, 11) is 6.34. The molecule has 1 atom stereocenters. The minimum absolute atomic E-state index is 0.512. The van der Waals surface area contributed by atoms with E-state index < -0.39 is 0 Å². The van der Waals surface area contributed by atoms with Crippen molar-refractivity contribution < 1.29 is 0 Å². The standard InChI is InChI=1S/C18H22N4/c1-20(2)22-17-8-5-4-7-14(17)15-11-13(12-19-18(15)22)16-9-6-10-21(16)3/h4-5,7-8,11-12,16H,6,9-10H2,1-3H3/t16-/m0/s1. The van der Waals surface area contributed by atoms with Gasteiger partial charge in [-0.3, -0.25) is 4.90 Å². The van der Waals surface area contributed by atoms with Gasteiger partial charge >= 0.3 is 0 Å². The van der Waals surface area contributed by atoms with Crippen LogP contribution in [0.4, 0.5) is 0 Å². The van der Waals surface area contributed by atoms with Gasteiger partial charge in [-0.2, -0.15) is 0 Å². The molecule has 0 bridgehead atoms. The maximum atomic E-state index is 4.81. The van der Waals surface area contributed by atoms with Gasteiger partial charge in [-0.1, -0.05) is 18.2 Å². The van der Waals surface area contributed by atoms with Crippen molar-refractivity contribution in [2.24, 2.45) is 0 Å². The Bertz CT molecular complexity index is 834. The van der Waals surface area contributed by atoms with Crippen molar-refractivity contribution in [3.8, 4) is 0 Å². The smallest absolute Gasteiger partial charge is 0.159 e. The first-order chi connectivity index (χ1) is 10.7. The van der Waals surface area contributed by atoms with Crippen molar-refractivity contribution in [3.63, 3.8) is 0 Å². The van der Waals surface area contributed by atoms with Crippen molar-refractivity contribution in [2.45, 2.75) is 18.9 Å². The van der Waals surface area contributed by atoms with Crippen LogP contribution in [0.1, 0.15) is 24.4 Å². The average molecular weight is 294 g/mol. The molecular formula is C18H22N4. The predicted octanol–water partition coefficient (Wildman–Crippen LogP) is 3.15. The zero-order chi connectivity index (χ0) is 15.3. The summed E-state index contributed by atoms with van der Waals surface area (Å²) in [6, 6.07) is 11.4. The molecule has 1 aliphatic rings. The zero-order valence-corrected chi connectivity index (χ0v) is 13.5. The van der Waals surface area contributed by atoms with Crippen LogP contribution in [0.15, 0.2) is 36.5 Å². The van der Waals surface area contributed by atoms with E-state index in [2.05, 4.69) is 72.3 Å². The van der Waals surface area contributed by atoms with Crippen molar-refractivity contribution in [1.29, 1.82) is 0 Å². The molecule has 2 aromatic heterocycles. The molecule has 1 fully saturated rings. The van der Waals surface area contributed by atoms with E-state index in [0.717, 1.165) is 5.65 Å². The molecule has 1 aliphatic heterocycles. The van der Waals surface area contributed by atoms with E-state index in [1.165, 1.54) is 41.2 Å². The number of para-hydroxylation sites is 1. The molecule has 0 amide bonds. The first-order valence-electron chi connectivity index (χ1n) is 7.94. The second kappa shape index (κ2) is 4.99. The summed E-state index contributed by atoms with van der Waals surface area (Å²) in [5.41, 5.74) is 3.59. The summed E-state index contributed by atoms with van der Waals surface area (Å²) >= 11 is 0. The van der Waals surface area contributed by atoms with Crippen molar-refractivity contribution in [1.82, 2.24) is 14.6 Å². The van der Waals surface area contributed by atoms with Crippen LogP contribution in [0, 0.1) is 0 Å². The van der Waals surface area contributed by atoms with Crippen molar-refractivity contribution in [2.75, 3.05) is 32.7 Å². The normalized spacial score (nSPS) is 19.3. The Labute approximate surface area is 130 Å². The number of aromatic nitrogens is 2. The lowest BCUT2D eigenvalue weighted by Crippen LogP contribution is -2.24. The van der Waals surface area contributed by atoms with Gasteiger partial charge < -0.3 is 5.01 Å². The quantitative estimate of drug-likeness (QED) is 0.725. The summed E-state index contributed by atoms with van der Waals surface area (Å²) in [6.45, 7) is 1.18. The first-order valence-corrected chi connectivity index (χ1v) is 7.94. The monoisotopic (exact) mass is 294 g/mol. The minimum atomic E-state index is 0.512. The summed E-state index contributed by atoms with van der Waals surface area (Å²) in [4.78, 5) is 7.25. The summed E-state index contributed by atoms with van der Waals surface area (Å²) < 4.78 is 2.19. The van der Waals surface area contributed by atoms with Gasteiger partial charge in [0.25, 0.3) is 0 Å². The van der Waals surface area contributed by atoms with Crippen LogP contribution in [-0.4, -0.2) is 42.2 Å². The molecule has 4 rings (SSSR count). The molecule has 0 N–H and O–H groups in total. The highest BCUT2D eigenvalue weighted by molar-refractivity contribution is 6.07. The number of rotatable bonds is 2. The molecule has 114 valence electrons. The molecule has 1 aromatic carbocycles. The molecule has 0 radical (unpaired) electrons. The molecule has 22 heavy (non-hydrogen) atoms. The molecule has 3 aromatic rings. The maximum Gasteiger partial charge on any atom is 0.159 e. The van der Waals surface area contributed by atoms with Gasteiger partial charge in [0.15, 0.2) is 5.65 Å². The van der Waals surface area contributed by atoms with Gasteiger partial charge in [0.2, 0.25) is 0 Å². The van der Waals surface area contributed by atoms with Gasteiger partial charge in [-0.15, -0.1) is 0 Å². The van der Waals surface area contributed by atoms with Gasteiger partial charge in [0.05, 0.1) is 5.52 Å². The second-order valence-electron chi connectivity index (χ2n) is 6.45. The van der Waals surface area contributed by atoms with Gasteiger partial charge in [-0.05, 0) is 44.1 Å². The number of pyridine rings is 1. The molecular weight excluding hydrogens is 272 g/mol. The molecule has 0 spiro atoms. The number of benzene rings is 1. The van der Waals surface area contributed by atoms with Crippen LogP contribution in [0.3, 0.4) is 0 Å². The summed E-state index contributed by atoms with van der Waals surface area (Å²) in [5, 5.41) is 4.63. The molecule has 3 heterocycles. The van der Waals surface area contributed by atoms with E-state index in [9.17, 15) is 0 Å². The Morgan fingerprint density at radius 3 is 2.73 bits per heavy atom. The molecule has 4 heteroatoms. The van der Waals surface area contributed by atoms with Crippen LogP contribution in [-0.2, 0) is 0 Å². The molecule has 0 saturated carbocycles. The summed E-state index contributed by atoms with van der Waals surface area (Å²) in [6.07, 6.45) is 4.57. The van der Waals surface area contributed by atoms with E-state index in [0.29, 0.717) is 6.04 Å². The fraction of sp³-hybridized carbons (Fsp3) is 0.389. The second-order valence-corrected chi connectivity index (χ2v) is 6.45. The fourth-order valence-electron chi connectivity index (χ4n) is 3.76. The minimum Gasteiger partial charge on any atom is -0.317 e. The SMILES string of the molecule is CN1CCC[C@H]1c1cnc2c(c1)c1ccccc1n2N(C)C. The number of likely N-dealkylation sites (tertiary alicyclic amines) is 1. The molecule has 4 nitrogen and oxygen atoms in total. The number of hydrogen-bond donors (Lipinski definition) is 0. The van der Waals surface area contributed by atoms with E-state index >= 15 is 0 Å². The van der Waals surface area contributed by atoms with E-state index in [1.807, 2.05) is 0 Å². The van der Waals surface area contributed by atoms with E-state index in [1.54, 1.807) is 0 Å². The Balaban J connectivity index is 1.98. The molecule has 0 unspecified atom stereocenters. The maximum absolute atomic E-state index is 4.81. The highest BCUT2D eigenvalue weighted by Gasteiger charge is 2.24. The van der Waals surface area contributed by atoms with Crippen molar-refractivity contribution >= 4 is 21.9 Å². The fourth-order valence-corrected chi connectivity index (χ4v) is 3.76. The van der Waals surface area contributed by atoms with Crippen molar-refractivity contribution in [3.05, 3.63) is 42.1 Å². The molecule has 0 aliphatic carbocycles. The number of fused-ring (bicyclic) bond motifs is 3. The molecule has 1 saturated heterocycles. The van der Waals surface area contributed by atoms with E-state index in [4.69, 9.17) is 4.98 Å². The Kier molecular flexibility index (Phi) is 3.08. The predicted molar refractivity (Wildman–Crippen MR) is 91.9 cm³/mol. The number of nitrogens with zero attached hydrogens (tertiary/aromatic N) is 4. The van der Waals surface area contributed by atoms with Crippen LogP contribution in [0.2, 0.25) is 0 Å². The van der Waals surface area contributed by atoms with Gasteiger partial charge in [-0.25, -0.2) is 9.66 Å². The zero-order valence-electron chi connectivity index (χ0n) is 13.5. The van der Waals surface area contributed by atoms with Crippen LogP contribution < -0.4 is 5.01 Å². The van der Waals surface area contributed by atoms with Gasteiger partial charge in [0, 0.05) is 37.1 Å². The highest BCUT2D eigenvalue weighted by Crippen LogP contribution is 2.34. The Hall–Kier alpha value is -2.07.